The molecule has 0 bridgehead atoms. The van der Waals surface area contributed by atoms with E-state index in [4.69, 9.17) is 10.2 Å². The average molecular weight is 176 g/mol. The first-order valence-electron chi connectivity index (χ1n) is 4.63. The topological polar surface area (TPSA) is 60.7 Å². The molecule has 0 aliphatic heterocycles. The van der Waals surface area contributed by atoms with Crippen LogP contribution in [0.4, 0.5) is 0 Å². The molecule has 0 saturated carbocycles. The van der Waals surface area contributed by atoms with E-state index in [0.29, 0.717) is 6.42 Å². The van der Waals surface area contributed by atoms with Gasteiger partial charge in [-0.15, -0.1) is 0 Å². The molecule has 74 valence electrons. The van der Waals surface area contributed by atoms with Crippen LogP contribution in [0, 0.1) is 0 Å². The van der Waals surface area contributed by atoms with Gasteiger partial charge in [0.25, 0.3) is 0 Å². The van der Waals surface area contributed by atoms with E-state index in [0.717, 1.165) is 25.7 Å². The quantitative estimate of drug-likeness (QED) is 0.500. The van der Waals surface area contributed by atoms with Crippen LogP contribution < -0.4 is 0 Å². The first kappa shape index (κ1) is 11.9. The Morgan fingerprint density at radius 3 is 2.25 bits per heavy atom. The molecule has 0 aliphatic rings. The highest BCUT2D eigenvalue weighted by Gasteiger charge is 2.06. The molecular weight excluding hydrogens is 156 g/mol. The van der Waals surface area contributed by atoms with Gasteiger partial charge < -0.3 is 15.3 Å². The number of rotatable bonds is 7. The predicted octanol–water partition coefficient (Wildman–Crippen LogP) is 0.671. The summed E-state index contributed by atoms with van der Waals surface area (Å²) in [6.45, 7) is 1.91. The molecule has 3 heteroatoms. The van der Waals surface area contributed by atoms with Crippen LogP contribution in [0.5, 0.6) is 0 Å². The maximum atomic E-state index is 9.30. The molecule has 0 aliphatic carbocycles. The average Bonchev–Trinajstić information content (AvgIpc) is 1.97. The molecule has 0 saturated heterocycles. The molecule has 3 N–H and O–H groups in total. The van der Waals surface area contributed by atoms with Crippen molar-refractivity contribution < 1.29 is 15.3 Å². The van der Waals surface area contributed by atoms with E-state index in [2.05, 4.69) is 0 Å². The van der Waals surface area contributed by atoms with Crippen LogP contribution in [-0.2, 0) is 0 Å². The van der Waals surface area contributed by atoms with Gasteiger partial charge in [-0.2, -0.15) is 0 Å². The van der Waals surface area contributed by atoms with Gasteiger partial charge >= 0.3 is 0 Å². The second kappa shape index (κ2) is 7.53. The first-order valence-corrected chi connectivity index (χ1v) is 4.63. The Morgan fingerprint density at radius 2 is 1.75 bits per heavy atom. The van der Waals surface area contributed by atoms with E-state index in [1.807, 2.05) is 0 Å². The van der Waals surface area contributed by atoms with E-state index < -0.39 is 6.10 Å². The summed E-state index contributed by atoms with van der Waals surface area (Å²) in [5.74, 6) is 0. The Kier molecular flexibility index (Phi) is 7.45. The number of aliphatic hydroxyl groups excluding tert-OH is 3. The second-order valence-electron chi connectivity index (χ2n) is 3.31. The highest BCUT2D eigenvalue weighted by Crippen LogP contribution is 2.07. The molecule has 2 atom stereocenters. The fourth-order valence-electron chi connectivity index (χ4n) is 1.18. The summed E-state index contributed by atoms with van der Waals surface area (Å²) in [4.78, 5) is 0. The Morgan fingerprint density at radius 1 is 1.08 bits per heavy atom. The Balaban J connectivity index is 3.14. The van der Waals surface area contributed by atoms with Crippen molar-refractivity contribution >= 4 is 0 Å². The SMILES string of the molecule is CC(O)CC(O)CCCCCO. The fourth-order valence-corrected chi connectivity index (χ4v) is 1.18. The van der Waals surface area contributed by atoms with Gasteiger partial charge in [0.2, 0.25) is 0 Å². The predicted molar refractivity (Wildman–Crippen MR) is 47.9 cm³/mol. The Bertz CT molecular complexity index is 93.8. The summed E-state index contributed by atoms with van der Waals surface area (Å²) in [5, 5.41) is 26.7. The van der Waals surface area contributed by atoms with Crippen molar-refractivity contribution in [1.29, 1.82) is 0 Å². The van der Waals surface area contributed by atoms with E-state index in [1.165, 1.54) is 0 Å². The van der Waals surface area contributed by atoms with Crippen molar-refractivity contribution in [3.05, 3.63) is 0 Å². The lowest BCUT2D eigenvalue weighted by atomic mass is 10.1. The molecule has 0 aromatic carbocycles. The highest BCUT2D eigenvalue weighted by atomic mass is 16.3. The maximum absolute atomic E-state index is 9.30. The van der Waals surface area contributed by atoms with E-state index >= 15 is 0 Å². The van der Waals surface area contributed by atoms with Crippen molar-refractivity contribution in [2.24, 2.45) is 0 Å². The van der Waals surface area contributed by atoms with Crippen LogP contribution in [0.2, 0.25) is 0 Å². The molecule has 0 spiro atoms. The molecule has 0 amide bonds. The number of hydrogen-bond donors (Lipinski definition) is 3. The van der Waals surface area contributed by atoms with Gasteiger partial charge in [0.1, 0.15) is 0 Å². The molecule has 0 heterocycles. The lowest BCUT2D eigenvalue weighted by Crippen LogP contribution is -2.14. The minimum Gasteiger partial charge on any atom is -0.396 e. The van der Waals surface area contributed by atoms with Crippen molar-refractivity contribution in [3.63, 3.8) is 0 Å². The molecule has 3 nitrogen and oxygen atoms in total. The van der Waals surface area contributed by atoms with Crippen LogP contribution in [0.25, 0.3) is 0 Å². The monoisotopic (exact) mass is 176 g/mol. The van der Waals surface area contributed by atoms with Crippen molar-refractivity contribution in [3.8, 4) is 0 Å². The lowest BCUT2D eigenvalue weighted by molar-refractivity contribution is 0.0831. The zero-order chi connectivity index (χ0) is 9.40. The van der Waals surface area contributed by atoms with Crippen molar-refractivity contribution in [2.45, 2.75) is 51.2 Å². The summed E-state index contributed by atoms with van der Waals surface area (Å²) in [7, 11) is 0. The summed E-state index contributed by atoms with van der Waals surface area (Å²) in [6.07, 6.45) is 3.06. The molecule has 0 aromatic heterocycles. The van der Waals surface area contributed by atoms with E-state index in [-0.39, 0.29) is 12.7 Å². The third-order valence-electron chi connectivity index (χ3n) is 1.81. The summed E-state index contributed by atoms with van der Waals surface area (Å²) < 4.78 is 0. The molecular formula is C9H20O3. The van der Waals surface area contributed by atoms with Crippen LogP contribution in [0.3, 0.4) is 0 Å². The summed E-state index contributed by atoms with van der Waals surface area (Å²) in [6, 6.07) is 0. The minimum atomic E-state index is -0.419. The standard InChI is InChI=1S/C9H20O3/c1-8(11)7-9(12)5-3-2-4-6-10/h8-12H,2-7H2,1H3. The minimum absolute atomic E-state index is 0.229. The van der Waals surface area contributed by atoms with Crippen LogP contribution in [0.1, 0.15) is 39.0 Å². The molecule has 0 rings (SSSR count). The zero-order valence-electron chi connectivity index (χ0n) is 7.74. The fraction of sp³-hybridized carbons (Fsp3) is 1.00. The van der Waals surface area contributed by atoms with E-state index in [1.54, 1.807) is 6.92 Å². The van der Waals surface area contributed by atoms with Crippen molar-refractivity contribution in [1.82, 2.24) is 0 Å². The molecule has 0 aromatic rings. The van der Waals surface area contributed by atoms with Crippen LogP contribution in [-0.4, -0.2) is 34.1 Å². The molecule has 2 unspecified atom stereocenters. The second-order valence-corrected chi connectivity index (χ2v) is 3.31. The number of aliphatic hydroxyl groups is 3. The van der Waals surface area contributed by atoms with Gasteiger partial charge in [-0.3, -0.25) is 0 Å². The third kappa shape index (κ3) is 7.98. The van der Waals surface area contributed by atoms with Gasteiger partial charge in [-0.25, -0.2) is 0 Å². The van der Waals surface area contributed by atoms with Crippen molar-refractivity contribution in [2.75, 3.05) is 6.61 Å². The van der Waals surface area contributed by atoms with Gasteiger partial charge in [0.15, 0.2) is 0 Å². The normalized spacial score (nSPS) is 16.0. The molecule has 0 radical (unpaired) electrons. The number of hydrogen-bond acceptors (Lipinski definition) is 3. The van der Waals surface area contributed by atoms with Gasteiger partial charge in [0.05, 0.1) is 12.2 Å². The smallest absolute Gasteiger partial charge is 0.0564 e. The highest BCUT2D eigenvalue weighted by molar-refractivity contribution is 4.59. The summed E-state index contributed by atoms with van der Waals surface area (Å²) >= 11 is 0. The Hall–Kier alpha value is -0.120. The first-order chi connectivity index (χ1) is 5.66. The maximum Gasteiger partial charge on any atom is 0.0564 e. The van der Waals surface area contributed by atoms with Crippen LogP contribution >= 0.6 is 0 Å². The molecule has 0 fully saturated rings. The summed E-state index contributed by atoms with van der Waals surface area (Å²) in [5.41, 5.74) is 0. The third-order valence-corrected chi connectivity index (χ3v) is 1.81. The Labute approximate surface area is 74.0 Å². The van der Waals surface area contributed by atoms with Gasteiger partial charge in [0, 0.05) is 6.61 Å². The molecule has 12 heavy (non-hydrogen) atoms. The lowest BCUT2D eigenvalue weighted by Gasteiger charge is -2.11. The van der Waals surface area contributed by atoms with Gasteiger partial charge in [-0.05, 0) is 26.2 Å². The zero-order valence-corrected chi connectivity index (χ0v) is 7.74. The number of unbranched alkanes of at least 4 members (excludes halogenated alkanes) is 2. The van der Waals surface area contributed by atoms with Crippen LogP contribution in [0.15, 0.2) is 0 Å². The van der Waals surface area contributed by atoms with E-state index in [9.17, 15) is 5.11 Å². The van der Waals surface area contributed by atoms with Gasteiger partial charge in [-0.1, -0.05) is 12.8 Å². The largest absolute Gasteiger partial charge is 0.396 e.